The number of aromatic nitrogens is 3. The first-order valence-corrected chi connectivity index (χ1v) is 12.8. The summed E-state index contributed by atoms with van der Waals surface area (Å²) in [6.07, 6.45) is -1.88. The molecular formula is C27H27ClF4N6O3. The van der Waals surface area contributed by atoms with Crippen LogP contribution in [0.25, 0.3) is 22.3 Å². The number of carboxylic acid groups (broad SMARTS) is 1. The maximum absolute atomic E-state index is 13.5. The SMILES string of the molecule is CCN(CC)CCNC(=O)c1ccc(Nc2cncc(-c3cc4cc(F)ccc4[nH]3)n2)c(Cl)c1.O=C(O)C(F)(F)F. The number of aromatic amines is 1. The van der Waals surface area contributed by atoms with E-state index in [0.717, 1.165) is 36.2 Å². The summed E-state index contributed by atoms with van der Waals surface area (Å²) in [7, 11) is 0. The van der Waals surface area contributed by atoms with Gasteiger partial charge in [-0.05, 0) is 55.6 Å². The van der Waals surface area contributed by atoms with Crippen molar-refractivity contribution in [2.24, 2.45) is 0 Å². The van der Waals surface area contributed by atoms with Gasteiger partial charge in [0.25, 0.3) is 5.91 Å². The molecule has 4 aromatic rings. The second kappa shape index (κ2) is 13.9. The van der Waals surface area contributed by atoms with Crippen LogP contribution < -0.4 is 10.6 Å². The van der Waals surface area contributed by atoms with Crippen molar-refractivity contribution in [1.29, 1.82) is 0 Å². The molecular weight excluding hydrogens is 568 g/mol. The number of hydrogen-bond acceptors (Lipinski definition) is 6. The predicted molar refractivity (Wildman–Crippen MR) is 148 cm³/mol. The molecule has 9 nitrogen and oxygen atoms in total. The molecule has 2 heterocycles. The van der Waals surface area contributed by atoms with Crippen molar-refractivity contribution in [1.82, 2.24) is 25.2 Å². The Labute approximate surface area is 237 Å². The van der Waals surface area contributed by atoms with Crippen LogP contribution in [-0.2, 0) is 4.79 Å². The van der Waals surface area contributed by atoms with Gasteiger partial charge >= 0.3 is 12.1 Å². The predicted octanol–water partition coefficient (Wildman–Crippen LogP) is 5.87. The molecule has 1 amide bonds. The van der Waals surface area contributed by atoms with Gasteiger partial charge in [-0.2, -0.15) is 13.2 Å². The fraction of sp³-hybridized carbons (Fsp3) is 0.259. The number of halogens is 5. The summed E-state index contributed by atoms with van der Waals surface area (Å²) in [5, 5.41) is 14.3. The fourth-order valence-electron chi connectivity index (χ4n) is 3.66. The Morgan fingerprint density at radius 3 is 2.41 bits per heavy atom. The number of likely N-dealkylation sites (N-methyl/N-ethyl adjacent to an activating group) is 1. The summed E-state index contributed by atoms with van der Waals surface area (Å²) in [5.41, 5.74) is 3.22. The number of rotatable bonds is 9. The van der Waals surface area contributed by atoms with E-state index in [-0.39, 0.29) is 11.7 Å². The number of alkyl halides is 3. The Morgan fingerprint density at radius 2 is 1.78 bits per heavy atom. The minimum absolute atomic E-state index is 0.169. The number of carbonyl (C=O) groups is 2. The highest BCUT2D eigenvalue weighted by molar-refractivity contribution is 6.33. The third-order valence-corrected chi connectivity index (χ3v) is 6.15. The molecule has 0 fully saturated rings. The van der Waals surface area contributed by atoms with Gasteiger partial charge in [-0.1, -0.05) is 25.4 Å². The van der Waals surface area contributed by atoms with Crippen LogP contribution >= 0.6 is 11.6 Å². The summed E-state index contributed by atoms with van der Waals surface area (Å²) >= 11 is 6.44. The van der Waals surface area contributed by atoms with Crippen LogP contribution in [0.5, 0.6) is 0 Å². The molecule has 0 atom stereocenters. The van der Waals surface area contributed by atoms with Gasteiger partial charge < -0.3 is 25.6 Å². The quantitative estimate of drug-likeness (QED) is 0.179. The number of nitrogens with one attached hydrogen (secondary N) is 3. The number of H-pyrrole nitrogens is 1. The van der Waals surface area contributed by atoms with Crippen molar-refractivity contribution in [2.75, 3.05) is 31.5 Å². The van der Waals surface area contributed by atoms with Gasteiger partial charge in [0.05, 0.1) is 28.8 Å². The van der Waals surface area contributed by atoms with E-state index >= 15 is 0 Å². The largest absolute Gasteiger partial charge is 0.490 e. The molecule has 0 aliphatic heterocycles. The zero-order chi connectivity index (χ0) is 30.2. The lowest BCUT2D eigenvalue weighted by molar-refractivity contribution is -0.192. The molecule has 218 valence electrons. The first kappa shape index (κ1) is 31.3. The van der Waals surface area contributed by atoms with E-state index in [9.17, 15) is 22.4 Å². The maximum atomic E-state index is 13.5. The summed E-state index contributed by atoms with van der Waals surface area (Å²) < 4.78 is 45.2. The molecule has 4 N–H and O–H groups in total. The Morgan fingerprint density at radius 1 is 1.07 bits per heavy atom. The smallest absolute Gasteiger partial charge is 0.475 e. The molecule has 4 rings (SSSR count). The summed E-state index contributed by atoms with van der Waals surface area (Å²) in [6.45, 7) is 7.45. The third-order valence-electron chi connectivity index (χ3n) is 5.84. The standard InChI is InChI=1S/C25H26ClFN6O.C2HF3O2/c1-3-33(4-2)10-9-29-25(34)16-5-7-21(19(26)12-16)31-24-15-28-14-23(32-24)22-13-17-11-18(27)6-8-20(17)30-22;3-2(4,5)1(6)7/h5-8,11-15,30H,3-4,9-10H2,1-2H3,(H,29,34)(H,31,32);(H,6,7). The average molecular weight is 595 g/mol. The van der Waals surface area contributed by atoms with Crippen molar-refractivity contribution in [3.8, 4) is 11.4 Å². The van der Waals surface area contributed by atoms with Crippen molar-refractivity contribution >= 4 is 45.9 Å². The minimum Gasteiger partial charge on any atom is -0.475 e. The van der Waals surface area contributed by atoms with E-state index in [1.54, 1.807) is 36.7 Å². The molecule has 2 aromatic heterocycles. The molecule has 0 aliphatic rings. The number of nitrogens with zero attached hydrogens (tertiary/aromatic N) is 3. The maximum Gasteiger partial charge on any atom is 0.490 e. The van der Waals surface area contributed by atoms with Crippen molar-refractivity contribution in [2.45, 2.75) is 20.0 Å². The number of hydrogen-bond donors (Lipinski definition) is 4. The van der Waals surface area contributed by atoms with Crippen molar-refractivity contribution in [3.05, 3.63) is 71.3 Å². The van der Waals surface area contributed by atoms with Gasteiger partial charge in [0.15, 0.2) is 0 Å². The molecule has 0 saturated carbocycles. The van der Waals surface area contributed by atoms with Crippen LogP contribution in [0.1, 0.15) is 24.2 Å². The van der Waals surface area contributed by atoms with E-state index in [2.05, 4.69) is 44.3 Å². The number of anilines is 2. The summed E-state index contributed by atoms with van der Waals surface area (Å²) in [6, 6.07) is 11.5. The average Bonchev–Trinajstić information content (AvgIpc) is 3.35. The molecule has 0 spiro atoms. The Hall–Kier alpha value is -4.23. The van der Waals surface area contributed by atoms with E-state index in [1.165, 1.54) is 12.1 Å². The van der Waals surface area contributed by atoms with Gasteiger partial charge in [0.2, 0.25) is 0 Å². The van der Waals surface area contributed by atoms with Crippen molar-refractivity contribution < 1.29 is 32.3 Å². The van der Waals surface area contributed by atoms with Crippen LogP contribution in [-0.4, -0.2) is 69.2 Å². The number of carbonyl (C=O) groups excluding carboxylic acids is 1. The first-order valence-electron chi connectivity index (χ1n) is 12.4. The number of aliphatic carboxylic acids is 1. The van der Waals surface area contributed by atoms with Crippen LogP contribution in [0.2, 0.25) is 5.02 Å². The van der Waals surface area contributed by atoms with E-state index in [1.807, 2.05) is 6.07 Å². The van der Waals surface area contributed by atoms with Crippen LogP contribution in [0.3, 0.4) is 0 Å². The zero-order valence-electron chi connectivity index (χ0n) is 22.0. The fourth-order valence-corrected chi connectivity index (χ4v) is 3.89. The van der Waals surface area contributed by atoms with Gasteiger partial charge in [-0.15, -0.1) is 0 Å². The highest BCUT2D eigenvalue weighted by Gasteiger charge is 2.38. The lowest BCUT2D eigenvalue weighted by Gasteiger charge is -2.18. The molecule has 0 saturated heterocycles. The summed E-state index contributed by atoms with van der Waals surface area (Å²) in [5.74, 6) is -2.74. The lowest BCUT2D eigenvalue weighted by atomic mass is 10.2. The highest BCUT2D eigenvalue weighted by atomic mass is 35.5. The van der Waals surface area contributed by atoms with E-state index in [4.69, 9.17) is 21.5 Å². The third kappa shape index (κ3) is 8.88. The van der Waals surface area contributed by atoms with Crippen LogP contribution in [0.4, 0.5) is 29.1 Å². The zero-order valence-corrected chi connectivity index (χ0v) is 22.8. The van der Waals surface area contributed by atoms with E-state index < -0.39 is 12.1 Å². The molecule has 0 unspecified atom stereocenters. The second-order valence-corrected chi connectivity index (χ2v) is 9.02. The van der Waals surface area contributed by atoms with Gasteiger partial charge in [0, 0.05) is 29.6 Å². The van der Waals surface area contributed by atoms with Crippen molar-refractivity contribution in [3.63, 3.8) is 0 Å². The number of fused-ring (bicyclic) bond motifs is 1. The topological polar surface area (TPSA) is 123 Å². The Kier molecular flexibility index (Phi) is 10.6. The molecule has 0 bridgehead atoms. The van der Waals surface area contributed by atoms with Crippen LogP contribution in [0.15, 0.2) is 54.9 Å². The molecule has 0 radical (unpaired) electrons. The van der Waals surface area contributed by atoms with Crippen LogP contribution in [0, 0.1) is 5.82 Å². The Balaban J connectivity index is 0.000000587. The minimum atomic E-state index is -5.08. The molecule has 14 heteroatoms. The van der Waals surface area contributed by atoms with Gasteiger partial charge in [-0.3, -0.25) is 9.78 Å². The molecule has 41 heavy (non-hydrogen) atoms. The lowest BCUT2D eigenvalue weighted by Crippen LogP contribution is -2.34. The highest BCUT2D eigenvalue weighted by Crippen LogP contribution is 2.28. The second-order valence-electron chi connectivity index (χ2n) is 8.61. The number of carboxylic acids is 1. The molecule has 0 aliphatic carbocycles. The van der Waals surface area contributed by atoms with E-state index in [0.29, 0.717) is 34.3 Å². The normalized spacial score (nSPS) is 11.2. The monoisotopic (exact) mass is 594 g/mol. The Bertz CT molecular complexity index is 1510. The summed E-state index contributed by atoms with van der Waals surface area (Å²) in [4.78, 5) is 35.7. The number of benzene rings is 2. The van der Waals surface area contributed by atoms with Gasteiger partial charge in [0.1, 0.15) is 17.3 Å². The van der Waals surface area contributed by atoms with Gasteiger partial charge in [-0.25, -0.2) is 14.2 Å². The number of amides is 1. The molecule has 2 aromatic carbocycles. The first-order chi connectivity index (χ1) is 19.4.